The summed E-state index contributed by atoms with van der Waals surface area (Å²) in [6, 6.07) is 10.5. The number of urea groups is 1. The number of benzene rings is 2. The van der Waals surface area contributed by atoms with Crippen molar-refractivity contribution >= 4 is 33.3 Å². The van der Waals surface area contributed by atoms with Crippen LogP contribution in [0.5, 0.6) is 0 Å². The van der Waals surface area contributed by atoms with Gasteiger partial charge in [0.15, 0.2) is 0 Å². The third-order valence-corrected chi connectivity index (χ3v) is 7.64. The molecule has 2 aromatic rings. The Morgan fingerprint density at radius 2 is 1.76 bits per heavy atom. The van der Waals surface area contributed by atoms with Gasteiger partial charge in [-0.25, -0.2) is 17.6 Å². The van der Waals surface area contributed by atoms with Gasteiger partial charge >= 0.3 is 6.03 Å². The molecule has 2 aromatic carbocycles. The molecule has 0 aromatic heterocycles. The van der Waals surface area contributed by atoms with Gasteiger partial charge in [0.05, 0.1) is 29.3 Å². The first-order valence-corrected chi connectivity index (χ1v) is 12.5. The molecular formula is C23H31ClFN3O5S. The third kappa shape index (κ3) is 7.13. The van der Waals surface area contributed by atoms with Gasteiger partial charge in [-0.15, -0.1) is 0 Å². The molecule has 0 spiro atoms. The summed E-state index contributed by atoms with van der Waals surface area (Å²) in [5.41, 5.74) is 0.0207. The van der Waals surface area contributed by atoms with Crippen LogP contribution >= 0.6 is 11.6 Å². The van der Waals surface area contributed by atoms with Crippen LogP contribution in [-0.4, -0.2) is 74.8 Å². The number of aliphatic hydroxyl groups is 1. The van der Waals surface area contributed by atoms with E-state index < -0.39 is 34.0 Å². The maximum absolute atomic E-state index is 14.0. The molecule has 0 bridgehead atoms. The minimum atomic E-state index is -3.79. The molecule has 2 amide bonds. The van der Waals surface area contributed by atoms with Crippen LogP contribution in [0.1, 0.15) is 13.8 Å². The Morgan fingerprint density at radius 3 is 2.32 bits per heavy atom. The summed E-state index contributed by atoms with van der Waals surface area (Å²) in [5.74, 6) is -0.905. The fourth-order valence-corrected chi connectivity index (χ4v) is 4.67. The zero-order chi connectivity index (χ0) is 25.5. The average molecular weight is 516 g/mol. The van der Waals surface area contributed by atoms with Crippen molar-refractivity contribution in [1.82, 2.24) is 9.21 Å². The Hall–Kier alpha value is -2.24. The van der Waals surface area contributed by atoms with Crippen molar-refractivity contribution in [3.63, 3.8) is 0 Å². The molecule has 0 unspecified atom stereocenters. The summed E-state index contributed by atoms with van der Waals surface area (Å²) in [4.78, 5) is 14.4. The number of para-hydroxylation sites is 1. The van der Waals surface area contributed by atoms with Gasteiger partial charge in [0.2, 0.25) is 10.0 Å². The van der Waals surface area contributed by atoms with Crippen LogP contribution in [0, 0.1) is 11.7 Å². The quantitative estimate of drug-likeness (QED) is 0.476. The number of rotatable bonds is 11. The molecule has 8 nitrogen and oxygen atoms in total. The van der Waals surface area contributed by atoms with Gasteiger partial charge in [0.25, 0.3) is 0 Å². The van der Waals surface area contributed by atoms with Crippen molar-refractivity contribution in [2.45, 2.75) is 30.9 Å². The summed E-state index contributed by atoms with van der Waals surface area (Å²) >= 11 is 5.86. The number of anilines is 1. The molecule has 0 aliphatic rings. The van der Waals surface area contributed by atoms with Gasteiger partial charge in [0.1, 0.15) is 5.82 Å². The van der Waals surface area contributed by atoms with Crippen LogP contribution in [0.25, 0.3) is 0 Å². The Morgan fingerprint density at radius 1 is 1.15 bits per heavy atom. The molecule has 3 atom stereocenters. The highest BCUT2D eigenvalue weighted by Gasteiger charge is 2.30. The number of sulfonamides is 1. The smallest absolute Gasteiger partial charge is 0.322 e. The van der Waals surface area contributed by atoms with Gasteiger partial charge in [-0.2, -0.15) is 4.31 Å². The molecule has 0 heterocycles. The number of halogens is 2. The monoisotopic (exact) mass is 515 g/mol. The zero-order valence-corrected chi connectivity index (χ0v) is 21.2. The first-order chi connectivity index (χ1) is 16.0. The van der Waals surface area contributed by atoms with Crippen LogP contribution in [0.15, 0.2) is 53.4 Å². The van der Waals surface area contributed by atoms with E-state index in [0.29, 0.717) is 5.02 Å². The lowest BCUT2D eigenvalue weighted by Crippen LogP contribution is -2.49. The number of hydrogen-bond donors (Lipinski definition) is 2. The predicted octanol–water partition coefficient (Wildman–Crippen LogP) is 3.67. The molecule has 0 fully saturated rings. The van der Waals surface area contributed by atoms with Gasteiger partial charge in [0, 0.05) is 38.2 Å². The lowest BCUT2D eigenvalue weighted by molar-refractivity contribution is 0.0305. The first kappa shape index (κ1) is 28.0. The van der Waals surface area contributed by atoms with E-state index in [-0.39, 0.29) is 36.2 Å². The van der Waals surface area contributed by atoms with Crippen LogP contribution in [0.4, 0.5) is 14.9 Å². The summed E-state index contributed by atoms with van der Waals surface area (Å²) in [7, 11) is -0.878. The van der Waals surface area contributed by atoms with E-state index in [1.165, 1.54) is 65.8 Å². The fourth-order valence-electron chi connectivity index (χ4n) is 3.36. The van der Waals surface area contributed by atoms with E-state index >= 15 is 0 Å². The van der Waals surface area contributed by atoms with Gasteiger partial charge in [-0.1, -0.05) is 30.7 Å². The summed E-state index contributed by atoms with van der Waals surface area (Å²) in [5, 5.41) is 12.6. The highest BCUT2D eigenvalue weighted by Crippen LogP contribution is 2.21. The van der Waals surface area contributed by atoms with E-state index in [1.807, 2.05) is 6.92 Å². The molecule has 0 aliphatic carbocycles. The molecular weight excluding hydrogens is 485 g/mol. The number of hydrogen-bond acceptors (Lipinski definition) is 5. The molecule has 188 valence electrons. The number of nitrogens with one attached hydrogen (secondary N) is 1. The van der Waals surface area contributed by atoms with E-state index in [2.05, 4.69) is 5.32 Å². The van der Waals surface area contributed by atoms with E-state index in [9.17, 15) is 22.7 Å². The average Bonchev–Trinajstić information content (AvgIpc) is 2.81. The summed E-state index contributed by atoms with van der Waals surface area (Å²) in [6.45, 7) is 3.32. The Labute approximate surface area is 205 Å². The maximum atomic E-state index is 14.0. The van der Waals surface area contributed by atoms with Gasteiger partial charge in [-0.3, -0.25) is 0 Å². The van der Waals surface area contributed by atoms with Crippen molar-refractivity contribution < 1.29 is 27.4 Å². The number of carbonyl (C=O) groups is 1. The lowest BCUT2D eigenvalue weighted by atomic mass is 10.0. The van der Waals surface area contributed by atoms with E-state index in [4.69, 9.17) is 16.3 Å². The second-order valence-corrected chi connectivity index (χ2v) is 10.6. The molecule has 34 heavy (non-hydrogen) atoms. The summed E-state index contributed by atoms with van der Waals surface area (Å²) in [6.07, 6.45) is -0.568. The van der Waals surface area contributed by atoms with Crippen LogP contribution in [-0.2, 0) is 14.8 Å². The molecule has 0 saturated carbocycles. The summed E-state index contributed by atoms with van der Waals surface area (Å²) < 4.78 is 46.6. The normalized spacial score (nSPS) is 14.5. The number of methoxy groups -OCH3 is 1. The topological polar surface area (TPSA) is 99.2 Å². The maximum Gasteiger partial charge on any atom is 0.322 e. The number of amides is 2. The van der Waals surface area contributed by atoms with Crippen molar-refractivity contribution in [2.75, 3.05) is 39.2 Å². The van der Waals surface area contributed by atoms with E-state index in [0.717, 1.165) is 0 Å². The standard InChI is InChI=1S/C23H31ClFN3O5S/c1-16(13-28(17(2)15-29)23(30)26-21-8-6-5-7-20(21)25)22(33-4)14-27(3)34(31,32)19-11-9-18(24)10-12-19/h5-12,16-17,22,29H,13-15H2,1-4H3,(H,26,30)/t16-,17+,22+/m1/s1. The Kier molecular flexibility index (Phi) is 10.3. The van der Waals surface area contributed by atoms with Gasteiger partial charge in [-0.05, 0) is 43.3 Å². The van der Waals surface area contributed by atoms with Crippen LogP contribution in [0.2, 0.25) is 5.02 Å². The second kappa shape index (κ2) is 12.5. The second-order valence-electron chi connectivity index (χ2n) is 8.08. The number of aliphatic hydroxyl groups excluding tert-OH is 1. The minimum Gasteiger partial charge on any atom is -0.394 e. The molecule has 11 heteroatoms. The van der Waals surface area contributed by atoms with Crippen LogP contribution in [0.3, 0.4) is 0 Å². The van der Waals surface area contributed by atoms with Gasteiger partial charge < -0.3 is 20.1 Å². The molecule has 2 N–H and O–H groups in total. The third-order valence-electron chi connectivity index (χ3n) is 5.55. The van der Waals surface area contributed by atoms with Crippen molar-refractivity contribution in [1.29, 1.82) is 0 Å². The predicted molar refractivity (Wildman–Crippen MR) is 130 cm³/mol. The number of carbonyl (C=O) groups excluding carboxylic acids is 1. The molecule has 2 rings (SSSR count). The van der Waals surface area contributed by atoms with Crippen molar-refractivity contribution in [2.24, 2.45) is 5.92 Å². The molecule has 0 saturated heterocycles. The Bertz CT molecular complexity index is 1050. The van der Waals surface area contributed by atoms with Crippen LogP contribution < -0.4 is 5.32 Å². The lowest BCUT2D eigenvalue weighted by Gasteiger charge is -2.34. The highest BCUT2D eigenvalue weighted by molar-refractivity contribution is 7.89. The Balaban J connectivity index is 2.14. The van der Waals surface area contributed by atoms with Crippen molar-refractivity contribution in [3.05, 3.63) is 59.4 Å². The first-order valence-electron chi connectivity index (χ1n) is 10.7. The largest absolute Gasteiger partial charge is 0.394 e. The number of ether oxygens (including phenoxy) is 1. The molecule has 0 aliphatic heterocycles. The zero-order valence-electron chi connectivity index (χ0n) is 19.6. The van der Waals surface area contributed by atoms with E-state index in [1.54, 1.807) is 13.0 Å². The number of likely N-dealkylation sites (N-methyl/N-ethyl adjacent to an activating group) is 1. The number of nitrogens with zero attached hydrogens (tertiary/aromatic N) is 2. The SMILES string of the molecule is CO[C@@H](CN(C)S(=O)(=O)c1ccc(Cl)cc1)[C@H](C)CN(C(=O)Nc1ccccc1F)[C@@H](C)CO. The highest BCUT2D eigenvalue weighted by atomic mass is 35.5. The minimum absolute atomic E-state index is 0.0207. The van der Waals surface area contributed by atoms with Crippen molar-refractivity contribution in [3.8, 4) is 0 Å². The fraction of sp³-hybridized carbons (Fsp3) is 0.435. The molecule has 0 radical (unpaired) electrons.